The standard InChI is InChI=1S/C14H22N2O2S/c1-11(2)9-10-16-12(3)13-5-7-14(8-6-13)19(17,18)15-4/h5-9,12,15-16H,10H2,1-4H3. The first-order chi connectivity index (χ1) is 8.86. The van der Waals surface area contributed by atoms with E-state index in [1.807, 2.05) is 12.1 Å². The molecule has 0 bridgehead atoms. The largest absolute Gasteiger partial charge is 0.307 e. The van der Waals surface area contributed by atoms with E-state index in [9.17, 15) is 8.42 Å². The van der Waals surface area contributed by atoms with Gasteiger partial charge in [0.2, 0.25) is 10.0 Å². The molecular weight excluding hydrogens is 260 g/mol. The molecule has 0 aliphatic rings. The van der Waals surface area contributed by atoms with Crippen LogP contribution in [0, 0.1) is 0 Å². The van der Waals surface area contributed by atoms with Crippen LogP contribution in [0.4, 0.5) is 0 Å². The van der Waals surface area contributed by atoms with Gasteiger partial charge in [-0.25, -0.2) is 13.1 Å². The first kappa shape index (κ1) is 15.9. The zero-order valence-corrected chi connectivity index (χ0v) is 12.7. The fraction of sp³-hybridized carbons (Fsp3) is 0.429. The minimum Gasteiger partial charge on any atom is -0.307 e. The van der Waals surface area contributed by atoms with Crippen LogP contribution in [0.15, 0.2) is 40.8 Å². The average Bonchev–Trinajstić information content (AvgIpc) is 2.38. The fourth-order valence-corrected chi connectivity index (χ4v) is 2.34. The molecule has 2 N–H and O–H groups in total. The van der Waals surface area contributed by atoms with E-state index in [0.29, 0.717) is 0 Å². The molecule has 0 heterocycles. The molecule has 0 fully saturated rings. The molecule has 5 heteroatoms. The van der Waals surface area contributed by atoms with Gasteiger partial charge in [0.15, 0.2) is 0 Å². The number of hydrogen-bond donors (Lipinski definition) is 2. The summed E-state index contributed by atoms with van der Waals surface area (Å²) in [5, 5.41) is 3.36. The molecule has 0 spiro atoms. The number of benzene rings is 1. The normalized spacial score (nSPS) is 13.1. The summed E-state index contributed by atoms with van der Waals surface area (Å²) in [7, 11) is -1.94. The van der Waals surface area contributed by atoms with Crippen LogP contribution < -0.4 is 10.0 Å². The third-order valence-corrected chi connectivity index (χ3v) is 4.32. The third-order valence-electron chi connectivity index (χ3n) is 2.89. The van der Waals surface area contributed by atoms with Crippen molar-refractivity contribution in [1.29, 1.82) is 0 Å². The summed E-state index contributed by atoms with van der Waals surface area (Å²) in [6, 6.07) is 7.11. The van der Waals surface area contributed by atoms with Gasteiger partial charge in [-0.3, -0.25) is 0 Å². The Morgan fingerprint density at radius 1 is 1.26 bits per heavy atom. The van der Waals surface area contributed by atoms with Crippen LogP contribution in [0.5, 0.6) is 0 Å². The Morgan fingerprint density at radius 2 is 1.84 bits per heavy atom. The summed E-state index contributed by atoms with van der Waals surface area (Å²) < 4.78 is 25.5. The second-order valence-corrected chi connectivity index (χ2v) is 6.57. The van der Waals surface area contributed by atoms with Gasteiger partial charge in [0.25, 0.3) is 0 Å². The van der Waals surface area contributed by atoms with Crippen LogP contribution in [-0.2, 0) is 10.0 Å². The van der Waals surface area contributed by atoms with E-state index < -0.39 is 10.0 Å². The summed E-state index contributed by atoms with van der Waals surface area (Å²) in [5.74, 6) is 0. The van der Waals surface area contributed by atoms with Crippen LogP contribution >= 0.6 is 0 Å². The second kappa shape index (κ2) is 6.84. The Hall–Kier alpha value is -1.17. The van der Waals surface area contributed by atoms with E-state index in [-0.39, 0.29) is 10.9 Å². The molecule has 19 heavy (non-hydrogen) atoms. The van der Waals surface area contributed by atoms with Gasteiger partial charge >= 0.3 is 0 Å². The van der Waals surface area contributed by atoms with Gasteiger partial charge in [0.1, 0.15) is 0 Å². The molecule has 0 saturated heterocycles. The smallest absolute Gasteiger partial charge is 0.240 e. The molecule has 1 aromatic rings. The monoisotopic (exact) mass is 282 g/mol. The molecule has 0 aliphatic carbocycles. The van der Waals surface area contributed by atoms with Gasteiger partial charge in [0.05, 0.1) is 4.90 Å². The predicted octanol–water partition coefficient (Wildman–Crippen LogP) is 2.21. The van der Waals surface area contributed by atoms with Crippen molar-refractivity contribution in [1.82, 2.24) is 10.0 Å². The van der Waals surface area contributed by atoms with E-state index >= 15 is 0 Å². The third kappa shape index (κ3) is 4.78. The topological polar surface area (TPSA) is 58.2 Å². The SMILES string of the molecule is CNS(=O)(=O)c1ccc(C(C)NCC=C(C)C)cc1. The molecule has 1 unspecified atom stereocenters. The van der Waals surface area contributed by atoms with Crippen molar-refractivity contribution in [3.8, 4) is 0 Å². The van der Waals surface area contributed by atoms with Gasteiger partial charge in [-0.1, -0.05) is 23.8 Å². The molecule has 0 radical (unpaired) electrons. The van der Waals surface area contributed by atoms with Crippen molar-refractivity contribution in [3.05, 3.63) is 41.5 Å². The summed E-state index contributed by atoms with van der Waals surface area (Å²) >= 11 is 0. The first-order valence-electron chi connectivity index (χ1n) is 6.27. The zero-order valence-electron chi connectivity index (χ0n) is 11.9. The molecule has 1 aromatic carbocycles. The van der Waals surface area contributed by atoms with Crippen molar-refractivity contribution in [3.63, 3.8) is 0 Å². The molecule has 4 nitrogen and oxygen atoms in total. The Balaban J connectivity index is 2.74. The Morgan fingerprint density at radius 3 is 2.32 bits per heavy atom. The molecule has 0 saturated carbocycles. The summed E-state index contributed by atoms with van der Waals surface area (Å²) in [5.41, 5.74) is 2.34. The highest BCUT2D eigenvalue weighted by Crippen LogP contribution is 2.15. The van der Waals surface area contributed by atoms with Crippen molar-refractivity contribution in [2.24, 2.45) is 0 Å². The molecule has 1 atom stereocenters. The van der Waals surface area contributed by atoms with Crippen LogP contribution in [0.25, 0.3) is 0 Å². The molecule has 0 aliphatic heterocycles. The van der Waals surface area contributed by atoms with Gasteiger partial charge in [-0.15, -0.1) is 0 Å². The lowest BCUT2D eigenvalue weighted by Crippen LogP contribution is -2.20. The minimum absolute atomic E-state index is 0.182. The maximum atomic E-state index is 11.6. The highest BCUT2D eigenvalue weighted by molar-refractivity contribution is 7.89. The number of hydrogen-bond acceptors (Lipinski definition) is 3. The van der Waals surface area contributed by atoms with Crippen molar-refractivity contribution < 1.29 is 8.42 Å². The maximum absolute atomic E-state index is 11.6. The highest BCUT2D eigenvalue weighted by Gasteiger charge is 2.11. The second-order valence-electron chi connectivity index (χ2n) is 4.69. The lowest BCUT2D eigenvalue weighted by Gasteiger charge is -2.13. The molecule has 1 rings (SSSR count). The highest BCUT2D eigenvalue weighted by atomic mass is 32.2. The van der Waals surface area contributed by atoms with E-state index in [1.54, 1.807) is 12.1 Å². The van der Waals surface area contributed by atoms with Crippen molar-refractivity contribution in [2.45, 2.75) is 31.7 Å². The first-order valence-corrected chi connectivity index (χ1v) is 7.75. The van der Waals surface area contributed by atoms with Crippen LogP contribution in [0.3, 0.4) is 0 Å². The Kier molecular flexibility index (Phi) is 5.72. The molecule has 0 amide bonds. The summed E-state index contributed by atoms with van der Waals surface area (Å²) in [4.78, 5) is 0.287. The number of rotatable bonds is 6. The number of nitrogens with one attached hydrogen (secondary N) is 2. The quantitative estimate of drug-likeness (QED) is 0.787. The van der Waals surface area contributed by atoms with Crippen LogP contribution in [0.1, 0.15) is 32.4 Å². The molecular formula is C14H22N2O2S. The van der Waals surface area contributed by atoms with E-state index in [1.165, 1.54) is 12.6 Å². The maximum Gasteiger partial charge on any atom is 0.240 e. The van der Waals surface area contributed by atoms with Crippen LogP contribution in [0.2, 0.25) is 0 Å². The summed E-state index contributed by atoms with van der Waals surface area (Å²) in [6.45, 7) is 6.98. The van der Waals surface area contributed by atoms with Crippen molar-refractivity contribution in [2.75, 3.05) is 13.6 Å². The average molecular weight is 282 g/mol. The predicted molar refractivity (Wildman–Crippen MR) is 78.5 cm³/mol. The van der Waals surface area contributed by atoms with E-state index in [2.05, 4.69) is 36.9 Å². The fourth-order valence-electron chi connectivity index (χ4n) is 1.61. The Bertz CT molecular complexity index is 529. The van der Waals surface area contributed by atoms with Gasteiger partial charge in [0, 0.05) is 12.6 Å². The van der Waals surface area contributed by atoms with Crippen LogP contribution in [-0.4, -0.2) is 22.0 Å². The molecule has 106 valence electrons. The summed E-state index contributed by atoms with van der Waals surface area (Å²) in [6.07, 6.45) is 2.12. The molecule has 0 aromatic heterocycles. The van der Waals surface area contributed by atoms with E-state index in [0.717, 1.165) is 12.1 Å². The van der Waals surface area contributed by atoms with Gasteiger partial charge in [-0.05, 0) is 45.5 Å². The minimum atomic E-state index is -3.35. The lowest BCUT2D eigenvalue weighted by atomic mass is 10.1. The van der Waals surface area contributed by atoms with Gasteiger partial charge in [-0.2, -0.15) is 0 Å². The zero-order chi connectivity index (χ0) is 14.5. The Labute approximate surface area is 116 Å². The lowest BCUT2D eigenvalue weighted by molar-refractivity contribution is 0.587. The van der Waals surface area contributed by atoms with E-state index in [4.69, 9.17) is 0 Å². The van der Waals surface area contributed by atoms with Crippen molar-refractivity contribution >= 4 is 10.0 Å². The number of allylic oxidation sites excluding steroid dienone is 1. The van der Waals surface area contributed by atoms with Gasteiger partial charge < -0.3 is 5.32 Å². The number of sulfonamides is 1.